The van der Waals surface area contributed by atoms with Crippen LogP contribution in [-0.2, 0) is 6.54 Å². The summed E-state index contributed by atoms with van der Waals surface area (Å²) in [6, 6.07) is 6.16. The lowest BCUT2D eigenvalue weighted by Crippen LogP contribution is -2.03. The predicted octanol–water partition coefficient (Wildman–Crippen LogP) is 2.43. The summed E-state index contributed by atoms with van der Waals surface area (Å²) in [6.07, 6.45) is 1.87. The molecule has 0 aliphatic heterocycles. The summed E-state index contributed by atoms with van der Waals surface area (Å²) in [5.74, 6) is 0.555. The molecule has 17 heavy (non-hydrogen) atoms. The topological polar surface area (TPSA) is 56.7 Å². The van der Waals surface area contributed by atoms with Crippen molar-refractivity contribution < 1.29 is 0 Å². The van der Waals surface area contributed by atoms with Crippen molar-refractivity contribution in [1.82, 2.24) is 14.5 Å². The highest BCUT2D eigenvalue weighted by Crippen LogP contribution is 2.21. The first-order valence-corrected chi connectivity index (χ1v) is 6.22. The van der Waals surface area contributed by atoms with Crippen LogP contribution in [0.5, 0.6) is 0 Å². The minimum atomic E-state index is 0.555. The smallest absolute Gasteiger partial charge is 0.201 e. The maximum absolute atomic E-state index is 5.96. The number of fused-ring (bicyclic) bond motifs is 1. The van der Waals surface area contributed by atoms with E-state index in [-0.39, 0.29) is 0 Å². The molecule has 0 aliphatic rings. The molecule has 0 fully saturated rings. The summed E-state index contributed by atoms with van der Waals surface area (Å²) in [7, 11) is 0. The number of nitrogens with two attached hydrogens (primary N) is 1. The van der Waals surface area contributed by atoms with Crippen molar-refractivity contribution in [2.24, 2.45) is 0 Å². The van der Waals surface area contributed by atoms with Crippen LogP contribution in [0.15, 0.2) is 29.9 Å². The average molecular weight is 244 g/mol. The molecule has 86 valence electrons. The standard InChI is InChI=1S/C12H12N4S/c1-8-2-3-10-11(4-8)16(12(13)15-10)6-9-5-14-7-17-9/h2-5,7H,6H2,1H3,(H2,13,15). The number of benzene rings is 1. The normalized spacial score (nSPS) is 11.1. The Balaban J connectivity index is 2.14. The van der Waals surface area contributed by atoms with Gasteiger partial charge in [-0.15, -0.1) is 11.3 Å². The first kappa shape index (κ1) is 10.3. The molecule has 0 saturated carbocycles. The molecule has 0 radical (unpaired) electrons. The zero-order valence-corrected chi connectivity index (χ0v) is 10.2. The first-order valence-electron chi connectivity index (χ1n) is 5.34. The van der Waals surface area contributed by atoms with Crippen molar-refractivity contribution in [2.75, 3.05) is 5.73 Å². The van der Waals surface area contributed by atoms with Gasteiger partial charge in [0.05, 0.1) is 23.1 Å². The number of aryl methyl sites for hydroxylation is 1. The van der Waals surface area contributed by atoms with Gasteiger partial charge in [0.25, 0.3) is 0 Å². The van der Waals surface area contributed by atoms with Gasteiger partial charge in [-0.25, -0.2) is 4.98 Å². The van der Waals surface area contributed by atoms with Crippen LogP contribution in [-0.4, -0.2) is 14.5 Å². The van der Waals surface area contributed by atoms with Crippen LogP contribution in [0.1, 0.15) is 10.4 Å². The summed E-state index contributed by atoms with van der Waals surface area (Å²) >= 11 is 1.63. The molecule has 2 heterocycles. The minimum absolute atomic E-state index is 0.555. The lowest BCUT2D eigenvalue weighted by atomic mass is 10.2. The third-order valence-electron chi connectivity index (χ3n) is 2.73. The second-order valence-corrected chi connectivity index (χ2v) is 4.99. The Morgan fingerprint density at radius 2 is 2.29 bits per heavy atom. The van der Waals surface area contributed by atoms with E-state index in [4.69, 9.17) is 5.73 Å². The van der Waals surface area contributed by atoms with Gasteiger partial charge in [-0.3, -0.25) is 4.98 Å². The van der Waals surface area contributed by atoms with Gasteiger partial charge in [0.2, 0.25) is 5.95 Å². The van der Waals surface area contributed by atoms with Crippen LogP contribution in [0.3, 0.4) is 0 Å². The number of nitrogen functional groups attached to an aromatic ring is 1. The van der Waals surface area contributed by atoms with E-state index in [2.05, 4.69) is 23.0 Å². The molecule has 3 aromatic rings. The van der Waals surface area contributed by atoms with Crippen molar-refractivity contribution in [3.05, 3.63) is 40.3 Å². The van der Waals surface area contributed by atoms with Gasteiger partial charge >= 0.3 is 0 Å². The molecule has 3 rings (SSSR count). The van der Waals surface area contributed by atoms with Gasteiger partial charge in [-0.1, -0.05) is 6.07 Å². The van der Waals surface area contributed by atoms with E-state index in [1.54, 1.807) is 11.3 Å². The van der Waals surface area contributed by atoms with Crippen LogP contribution < -0.4 is 5.73 Å². The van der Waals surface area contributed by atoms with E-state index < -0.39 is 0 Å². The number of aromatic nitrogens is 3. The highest BCUT2D eigenvalue weighted by atomic mass is 32.1. The number of nitrogens with zero attached hydrogens (tertiary/aromatic N) is 3. The predicted molar refractivity (Wildman–Crippen MR) is 70.1 cm³/mol. The van der Waals surface area contributed by atoms with Crippen molar-refractivity contribution >= 4 is 28.3 Å². The van der Waals surface area contributed by atoms with Crippen LogP contribution >= 0.6 is 11.3 Å². The molecular formula is C12H12N4S. The largest absolute Gasteiger partial charge is 0.369 e. The summed E-state index contributed by atoms with van der Waals surface area (Å²) in [4.78, 5) is 9.61. The van der Waals surface area contributed by atoms with Gasteiger partial charge in [-0.2, -0.15) is 0 Å². The molecule has 0 aliphatic carbocycles. The summed E-state index contributed by atoms with van der Waals surface area (Å²) in [6.45, 7) is 2.80. The van der Waals surface area contributed by atoms with E-state index >= 15 is 0 Å². The fraction of sp³-hybridized carbons (Fsp3) is 0.167. The van der Waals surface area contributed by atoms with Crippen molar-refractivity contribution in [2.45, 2.75) is 13.5 Å². The Morgan fingerprint density at radius 1 is 1.41 bits per heavy atom. The van der Waals surface area contributed by atoms with Crippen molar-refractivity contribution in [3.8, 4) is 0 Å². The lowest BCUT2D eigenvalue weighted by Gasteiger charge is -2.04. The Hall–Kier alpha value is -1.88. The van der Waals surface area contributed by atoms with Crippen molar-refractivity contribution in [3.63, 3.8) is 0 Å². The van der Waals surface area contributed by atoms with E-state index in [0.29, 0.717) is 5.95 Å². The maximum atomic E-state index is 5.96. The van der Waals surface area contributed by atoms with Gasteiger partial charge < -0.3 is 10.3 Å². The van der Waals surface area contributed by atoms with Crippen molar-refractivity contribution in [1.29, 1.82) is 0 Å². The number of imidazole rings is 1. The summed E-state index contributed by atoms with van der Waals surface area (Å²) in [5.41, 5.74) is 11.0. The summed E-state index contributed by atoms with van der Waals surface area (Å²) < 4.78 is 2.02. The van der Waals surface area contributed by atoms with Gasteiger partial charge in [-0.05, 0) is 24.6 Å². The summed E-state index contributed by atoms with van der Waals surface area (Å²) in [5, 5.41) is 0. The third-order valence-corrected chi connectivity index (χ3v) is 3.50. The van der Waals surface area contributed by atoms with Crippen LogP contribution in [0.4, 0.5) is 5.95 Å². The SMILES string of the molecule is Cc1ccc2nc(N)n(Cc3cncs3)c2c1. The number of hydrogen-bond donors (Lipinski definition) is 1. The van der Waals surface area contributed by atoms with E-state index in [9.17, 15) is 0 Å². The highest BCUT2D eigenvalue weighted by molar-refractivity contribution is 7.09. The lowest BCUT2D eigenvalue weighted by molar-refractivity contribution is 0.850. The minimum Gasteiger partial charge on any atom is -0.369 e. The molecule has 0 saturated heterocycles. The van der Waals surface area contributed by atoms with E-state index in [0.717, 1.165) is 17.6 Å². The molecule has 0 bridgehead atoms. The third kappa shape index (κ3) is 1.78. The zero-order chi connectivity index (χ0) is 11.8. The fourth-order valence-electron chi connectivity index (χ4n) is 1.89. The molecule has 4 nitrogen and oxygen atoms in total. The molecular weight excluding hydrogens is 232 g/mol. The molecule has 2 N–H and O–H groups in total. The number of anilines is 1. The van der Waals surface area contributed by atoms with E-state index in [1.165, 1.54) is 10.4 Å². The zero-order valence-electron chi connectivity index (χ0n) is 9.42. The Morgan fingerprint density at radius 3 is 3.06 bits per heavy atom. The van der Waals surface area contributed by atoms with Gasteiger partial charge in [0, 0.05) is 11.1 Å². The first-order chi connectivity index (χ1) is 8.24. The van der Waals surface area contributed by atoms with Crippen LogP contribution in [0, 0.1) is 6.92 Å². The monoisotopic (exact) mass is 244 g/mol. The molecule has 5 heteroatoms. The second-order valence-electron chi connectivity index (χ2n) is 4.02. The fourth-order valence-corrected chi connectivity index (χ4v) is 2.48. The second kappa shape index (κ2) is 3.85. The Bertz CT molecular complexity index is 655. The van der Waals surface area contributed by atoms with Crippen LogP contribution in [0.2, 0.25) is 0 Å². The molecule has 0 unspecified atom stereocenters. The van der Waals surface area contributed by atoms with Crippen LogP contribution in [0.25, 0.3) is 11.0 Å². The molecule has 0 atom stereocenters. The Labute approximate surface area is 103 Å². The molecule has 1 aromatic carbocycles. The van der Waals surface area contributed by atoms with E-state index in [1.807, 2.05) is 28.4 Å². The average Bonchev–Trinajstić information content (AvgIpc) is 2.90. The molecule has 0 spiro atoms. The Kier molecular flexibility index (Phi) is 2.33. The number of thiazole rings is 1. The molecule has 2 aromatic heterocycles. The number of hydrogen-bond acceptors (Lipinski definition) is 4. The highest BCUT2D eigenvalue weighted by Gasteiger charge is 2.09. The van der Waals surface area contributed by atoms with Gasteiger partial charge in [0.1, 0.15) is 0 Å². The molecule has 0 amide bonds. The maximum Gasteiger partial charge on any atom is 0.201 e. The number of rotatable bonds is 2. The van der Waals surface area contributed by atoms with Gasteiger partial charge in [0.15, 0.2) is 0 Å². The quantitative estimate of drug-likeness (QED) is 0.753.